The zero-order valence-electron chi connectivity index (χ0n) is 10.1. The monoisotopic (exact) mass is 222 g/mol. The highest BCUT2D eigenvalue weighted by Gasteiger charge is 2.10. The van der Waals surface area contributed by atoms with Crippen molar-refractivity contribution >= 4 is 5.91 Å². The number of aryl methyl sites for hydroxylation is 1. The molecule has 1 rings (SSSR count). The summed E-state index contributed by atoms with van der Waals surface area (Å²) in [5.74, 6) is -0.0160. The van der Waals surface area contributed by atoms with E-state index in [4.69, 9.17) is 0 Å². The smallest absolute Gasteiger partial charge is 0.251 e. The maximum Gasteiger partial charge on any atom is 0.251 e. The molecule has 0 spiro atoms. The van der Waals surface area contributed by atoms with Gasteiger partial charge in [0.05, 0.1) is 0 Å². The van der Waals surface area contributed by atoms with Gasteiger partial charge < -0.3 is 9.47 Å². The minimum absolute atomic E-state index is 0.0160. The lowest BCUT2D eigenvalue weighted by Gasteiger charge is -2.19. The summed E-state index contributed by atoms with van der Waals surface area (Å²) < 4.78 is 1.45. The molecule has 1 aromatic heterocycles. The molecule has 0 fully saturated rings. The number of pyridine rings is 1. The highest BCUT2D eigenvalue weighted by molar-refractivity contribution is 5.75. The van der Waals surface area contributed by atoms with Crippen molar-refractivity contribution in [2.75, 3.05) is 13.1 Å². The minimum Gasteiger partial charge on any atom is -0.342 e. The molecule has 0 aliphatic heterocycles. The predicted molar refractivity (Wildman–Crippen MR) is 63.4 cm³/mol. The third kappa shape index (κ3) is 2.95. The Labute approximate surface area is 95.5 Å². The van der Waals surface area contributed by atoms with Gasteiger partial charge in [-0.15, -0.1) is 0 Å². The molecule has 0 unspecified atom stereocenters. The SMILES string of the molecule is CCN(CC)C(=O)Cn1cc(C)ccc1=O. The maximum absolute atomic E-state index is 11.8. The summed E-state index contributed by atoms with van der Waals surface area (Å²) >= 11 is 0. The molecule has 16 heavy (non-hydrogen) atoms. The summed E-state index contributed by atoms with van der Waals surface area (Å²) in [5.41, 5.74) is 0.845. The molecule has 0 saturated carbocycles. The van der Waals surface area contributed by atoms with Gasteiger partial charge in [0.2, 0.25) is 5.91 Å². The highest BCUT2D eigenvalue weighted by atomic mass is 16.2. The number of carbonyl (C=O) groups is 1. The number of rotatable bonds is 4. The Balaban J connectivity index is 2.84. The average molecular weight is 222 g/mol. The van der Waals surface area contributed by atoms with Crippen LogP contribution in [0.4, 0.5) is 0 Å². The van der Waals surface area contributed by atoms with E-state index in [9.17, 15) is 9.59 Å². The van der Waals surface area contributed by atoms with Crippen LogP contribution in [0, 0.1) is 6.92 Å². The molecule has 0 aliphatic rings. The van der Waals surface area contributed by atoms with Crippen molar-refractivity contribution < 1.29 is 4.79 Å². The molecule has 0 aromatic carbocycles. The molecule has 0 bridgehead atoms. The lowest BCUT2D eigenvalue weighted by atomic mass is 10.3. The molecule has 1 aromatic rings. The number of likely N-dealkylation sites (N-methyl/N-ethyl adjacent to an activating group) is 1. The predicted octanol–water partition coefficient (Wildman–Crippen LogP) is 1.03. The fourth-order valence-electron chi connectivity index (χ4n) is 1.60. The van der Waals surface area contributed by atoms with Crippen LogP contribution in [0.15, 0.2) is 23.1 Å². The third-order valence-corrected chi connectivity index (χ3v) is 2.55. The van der Waals surface area contributed by atoms with Crippen molar-refractivity contribution in [1.82, 2.24) is 9.47 Å². The number of hydrogen-bond acceptors (Lipinski definition) is 2. The molecule has 1 amide bonds. The second-order valence-corrected chi connectivity index (χ2v) is 3.74. The summed E-state index contributed by atoms with van der Waals surface area (Å²) in [4.78, 5) is 25.0. The van der Waals surface area contributed by atoms with Crippen LogP contribution in [-0.2, 0) is 11.3 Å². The summed E-state index contributed by atoms with van der Waals surface area (Å²) in [6.45, 7) is 7.24. The molecule has 0 N–H and O–H groups in total. The van der Waals surface area contributed by atoms with Crippen molar-refractivity contribution in [3.05, 3.63) is 34.2 Å². The van der Waals surface area contributed by atoms with E-state index < -0.39 is 0 Å². The van der Waals surface area contributed by atoms with Gasteiger partial charge in [-0.1, -0.05) is 6.07 Å². The average Bonchev–Trinajstić information content (AvgIpc) is 2.25. The molecule has 0 aliphatic carbocycles. The lowest BCUT2D eigenvalue weighted by Crippen LogP contribution is -2.36. The van der Waals surface area contributed by atoms with E-state index in [-0.39, 0.29) is 18.0 Å². The van der Waals surface area contributed by atoms with Crippen LogP contribution >= 0.6 is 0 Å². The van der Waals surface area contributed by atoms with Gasteiger partial charge in [0.1, 0.15) is 6.54 Å². The van der Waals surface area contributed by atoms with E-state index in [2.05, 4.69) is 0 Å². The standard InChI is InChI=1S/C12H18N2O2/c1-4-13(5-2)12(16)9-14-8-10(3)6-7-11(14)15/h6-8H,4-5,9H2,1-3H3. The number of hydrogen-bond donors (Lipinski definition) is 0. The van der Waals surface area contributed by atoms with Crippen molar-refractivity contribution in [3.63, 3.8) is 0 Å². The van der Waals surface area contributed by atoms with Gasteiger partial charge in [-0.25, -0.2) is 0 Å². The second kappa shape index (κ2) is 5.49. The summed E-state index contributed by atoms with van der Waals surface area (Å²) in [6, 6.07) is 3.24. The first kappa shape index (κ1) is 12.5. The lowest BCUT2D eigenvalue weighted by molar-refractivity contribution is -0.131. The molecule has 4 nitrogen and oxygen atoms in total. The number of amides is 1. The van der Waals surface area contributed by atoms with Crippen molar-refractivity contribution in [3.8, 4) is 0 Å². The van der Waals surface area contributed by atoms with E-state index >= 15 is 0 Å². The van der Waals surface area contributed by atoms with Crippen LogP contribution in [0.1, 0.15) is 19.4 Å². The Morgan fingerprint density at radius 1 is 1.31 bits per heavy atom. The van der Waals surface area contributed by atoms with E-state index in [1.165, 1.54) is 10.6 Å². The topological polar surface area (TPSA) is 42.3 Å². The first-order valence-corrected chi connectivity index (χ1v) is 5.53. The Kier molecular flexibility index (Phi) is 4.28. The Bertz CT molecular complexity index is 419. The summed E-state index contributed by atoms with van der Waals surface area (Å²) in [7, 11) is 0. The molecule has 88 valence electrons. The molecule has 0 saturated heterocycles. The van der Waals surface area contributed by atoms with Crippen molar-refractivity contribution in [1.29, 1.82) is 0 Å². The van der Waals surface area contributed by atoms with Gasteiger partial charge in [-0.3, -0.25) is 9.59 Å². The van der Waals surface area contributed by atoms with Crippen LogP contribution < -0.4 is 5.56 Å². The molecule has 4 heteroatoms. The largest absolute Gasteiger partial charge is 0.342 e. The fourth-order valence-corrected chi connectivity index (χ4v) is 1.60. The quantitative estimate of drug-likeness (QED) is 0.763. The zero-order valence-corrected chi connectivity index (χ0v) is 10.1. The second-order valence-electron chi connectivity index (χ2n) is 3.74. The number of carbonyl (C=O) groups excluding carboxylic acids is 1. The van der Waals surface area contributed by atoms with E-state index in [1.54, 1.807) is 17.2 Å². The summed E-state index contributed by atoms with van der Waals surface area (Å²) in [6.07, 6.45) is 1.71. The van der Waals surface area contributed by atoms with E-state index in [0.29, 0.717) is 13.1 Å². The Morgan fingerprint density at radius 3 is 2.50 bits per heavy atom. The van der Waals surface area contributed by atoms with Crippen LogP contribution in [0.5, 0.6) is 0 Å². The van der Waals surface area contributed by atoms with Crippen LogP contribution in [0.3, 0.4) is 0 Å². The van der Waals surface area contributed by atoms with Gasteiger partial charge in [-0.2, -0.15) is 0 Å². The van der Waals surface area contributed by atoms with E-state index in [1.807, 2.05) is 20.8 Å². The van der Waals surface area contributed by atoms with Crippen molar-refractivity contribution in [2.24, 2.45) is 0 Å². The van der Waals surface area contributed by atoms with Gasteiger partial charge >= 0.3 is 0 Å². The van der Waals surface area contributed by atoms with E-state index in [0.717, 1.165) is 5.56 Å². The Morgan fingerprint density at radius 2 is 1.94 bits per heavy atom. The van der Waals surface area contributed by atoms with Gasteiger partial charge in [-0.05, 0) is 26.3 Å². The highest BCUT2D eigenvalue weighted by Crippen LogP contribution is 1.95. The summed E-state index contributed by atoms with van der Waals surface area (Å²) in [5, 5.41) is 0. The molecule has 0 radical (unpaired) electrons. The fraction of sp³-hybridized carbons (Fsp3) is 0.500. The number of nitrogens with zero attached hydrogens (tertiary/aromatic N) is 2. The zero-order chi connectivity index (χ0) is 12.1. The van der Waals surface area contributed by atoms with Gasteiger partial charge in [0.15, 0.2) is 0 Å². The first-order chi connectivity index (χ1) is 7.58. The molecular weight excluding hydrogens is 204 g/mol. The molecule has 1 heterocycles. The molecule has 0 atom stereocenters. The Hall–Kier alpha value is -1.58. The number of aromatic nitrogens is 1. The van der Waals surface area contributed by atoms with Crippen LogP contribution in [0.25, 0.3) is 0 Å². The minimum atomic E-state index is -0.133. The maximum atomic E-state index is 11.8. The van der Waals surface area contributed by atoms with Crippen LogP contribution in [0.2, 0.25) is 0 Å². The first-order valence-electron chi connectivity index (χ1n) is 5.53. The van der Waals surface area contributed by atoms with Gasteiger partial charge in [0.25, 0.3) is 5.56 Å². The third-order valence-electron chi connectivity index (χ3n) is 2.55. The van der Waals surface area contributed by atoms with Gasteiger partial charge in [0, 0.05) is 25.4 Å². The van der Waals surface area contributed by atoms with Crippen molar-refractivity contribution in [2.45, 2.75) is 27.3 Å². The normalized spacial score (nSPS) is 10.2. The van der Waals surface area contributed by atoms with Crippen LogP contribution in [-0.4, -0.2) is 28.5 Å². The molecular formula is C12H18N2O2.